The molecule has 0 saturated carbocycles. The third-order valence-electron chi connectivity index (χ3n) is 5.72. The van der Waals surface area contributed by atoms with E-state index in [1.54, 1.807) is 48.5 Å². The van der Waals surface area contributed by atoms with Crippen molar-refractivity contribution in [2.24, 2.45) is 5.10 Å². The fraction of sp³-hybridized carbons (Fsp3) is 0.0645. The summed E-state index contributed by atoms with van der Waals surface area (Å²) in [7, 11) is 0. The van der Waals surface area contributed by atoms with Crippen LogP contribution in [0.5, 0.6) is 17.2 Å². The van der Waals surface area contributed by atoms with Crippen molar-refractivity contribution < 1.29 is 23.8 Å². The van der Waals surface area contributed by atoms with Crippen LogP contribution in [-0.4, -0.2) is 24.8 Å². The Hall–Kier alpha value is -5.37. The first-order valence-corrected chi connectivity index (χ1v) is 12.2. The molecule has 2 N–H and O–H groups in total. The molecule has 5 rings (SSSR count). The summed E-state index contributed by atoms with van der Waals surface area (Å²) in [5.74, 6) is 0.832. The molecule has 0 unspecified atom stereocenters. The zero-order valence-electron chi connectivity index (χ0n) is 20.9. The van der Waals surface area contributed by atoms with Crippen LogP contribution in [0, 0.1) is 0 Å². The Kier molecular flexibility index (Phi) is 7.94. The van der Waals surface area contributed by atoms with Crippen LogP contribution < -0.4 is 25.0 Å². The molecule has 8 heteroatoms. The first kappa shape index (κ1) is 25.3. The molecular weight excluding hydrogens is 494 g/mol. The highest BCUT2D eigenvalue weighted by atomic mass is 16.7. The van der Waals surface area contributed by atoms with Crippen molar-refractivity contribution in [3.63, 3.8) is 0 Å². The molecule has 2 amide bonds. The predicted octanol–water partition coefficient (Wildman–Crippen LogP) is 4.92. The highest BCUT2D eigenvalue weighted by Gasteiger charge is 2.17. The second kappa shape index (κ2) is 12.2. The fourth-order valence-electron chi connectivity index (χ4n) is 3.76. The Balaban J connectivity index is 1.28. The lowest BCUT2D eigenvalue weighted by Crippen LogP contribution is -2.32. The average Bonchev–Trinajstić information content (AvgIpc) is 3.45. The minimum Gasteiger partial charge on any atom is -0.489 e. The van der Waals surface area contributed by atoms with Crippen molar-refractivity contribution in [2.45, 2.75) is 6.61 Å². The lowest BCUT2D eigenvalue weighted by atomic mass is 10.1. The van der Waals surface area contributed by atoms with Gasteiger partial charge in [-0.15, -0.1) is 0 Å². The summed E-state index contributed by atoms with van der Waals surface area (Å²) in [6.07, 6.45) is 3.05. The van der Waals surface area contributed by atoms with E-state index in [1.807, 2.05) is 60.7 Å². The molecule has 0 bridgehead atoms. The standard InChI is InChI=1S/C31H25N3O5/c35-30(25-11-5-2-6-12-25)33-27(17-23-14-15-28-29(18-23)39-21-38-28)31(36)34-32-19-24-10-7-13-26(16-24)37-20-22-8-3-1-4-9-22/h1-19H,20-21H2,(H,33,35)(H,34,36)/b27-17+,32-19+. The predicted molar refractivity (Wildman–Crippen MR) is 147 cm³/mol. The molecule has 1 heterocycles. The summed E-state index contributed by atoms with van der Waals surface area (Å²) >= 11 is 0. The summed E-state index contributed by atoms with van der Waals surface area (Å²) in [4.78, 5) is 25.9. The van der Waals surface area contributed by atoms with Crippen LogP contribution in [0.4, 0.5) is 0 Å². The van der Waals surface area contributed by atoms with Crippen molar-refractivity contribution in [1.82, 2.24) is 10.7 Å². The number of nitrogens with zero attached hydrogens (tertiary/aromatic N) is 1. The van der Waals surface area contributed by atoms with Gasteiger partial charge in [-0.25, -0.2) is 5.43 Å². The summed E-state index contributed by atoms with van der Waals surface area (Å²) in [5.41, 5.74) is 5.35. The van der Waals surface area contributed by atoms with Gasteiger partial charge in [0.2, 0.25) is 6.79 Å². The first-order valence-electron chi connectivity index (χ1n) is 12.2. The van der Waals surface area contributed by atoms with Crippen molar-refractivity contribution in [3.05, 3.63) is 131 Å². The summed E-state index contributed by atoms with van der Waals surface area (Å²) < 4.78 is 16.6. The molecule has 0 fully saturated rings. The van der Waals surface area contributed by atoms with E-state index < -0.39 is 11.8 Å². The van der Waals surface area contributed by atoms with Crippen LogP contribution in [0.2, 0.25) is 0 Å². The third kappa shape index (κ3) is 6.90. The van der Waals surface area contributed by atoms with Crippen LogP contribution in [0.15, 0.2) is 114 Å². The number of hydrogen-bond donors (Lipinski definition) is 2. The number of benzene rings is 4. The second-order valence-electron chi connectivity index (χ2n) is 8.54. The smallest absolute Gasteiger partial charge is 0.287 e. The summed E-state index contributed by atoms with van der Waals surface area (Å²) in [5, 5.41) is 6.77. The molecule has 0 spiro atoms. The van der Waals surface area contributed by atoms with E-state index >= 15 is 0 Å². The quantitative estimate of drug-likeness (QED) is 0.186. The van der Waals surface area contributed by atoms with E-state index in [0.29, 0.717) is 35.0 Å². The highest BCUT2D eigenvalue weighted by Crippen LogP contribution is 2.33. The van der Waals surface area contributed by atoms with Gasteiger partial charge in [0.1, 0.15) is 18.1 Å². The topological polar surface area (TPSA) is 98.2 Å². The molecule has 4 aromatic rings. The van der Waals surface area contributed by atoms with E-state index in [9.17, 15) is 9.59 Å². The molecule has 0 aliphatic carbocycles. The van der Waals surface area contributed by atoms with E-state index in [1.165, 1.54) is 6.21 Å². The zero-order chi connectivity index (χ0) is 26.9. The van der Waals surface area contributed by atoms with E-state index in [2.05, 4.69) is 15.8 Å². The molecule has 1 aliphatic rings. The lowest BCUT2D eigenvalue weighted by Gasteiger charge is -2.10. The van der Waals surface area contributed by atoms with Gasteiger partial charge in [-0.05, 0) is 59.2 Å². The Morgan fingerprint density at radius 1 is 0.821 bits per heavy atom. The van der Waals surface area contributed by atoms with Crippen LogP contribution in [0.25, 0.3) is 6.08 Å². The maximum atomic E-state index is 13.1. The van der Waals surface area contributed by atoms with Gasteiger partial charge >= 0.3 is 0 Å². The SMILES string of the molecule is O=C(N/N=C/c1cccc(OCc2ccccc2)c1)/C(=C\c1ccc2c(c1)OCO2)NC(=O)c1ccccc1. The van der Waals surface area contributed by atoms with Crippen molar-refractivity contribution in [1.29, 1.82) is 0 Å². The number of carbonyl (C=O) groups excluding carboxylic acids is 2. The Morgan fingerprint density at radius 3 is 2.41 bits per heavy atom. The molecule has 0 atom stereocenters. The van der Waals surface area contributed by atoms with E-state index in [-0.39, 0.29) is 12.5 Å². The zero-order valence-corrected chi connectivity index (χ0v) is 20.9. The number of hydrogen-bond acceptors (Lipinski definition) is 6. The number of hydrazone groups is 1. The number of nitrogens with one attached hydrogen (secondary N) is 2. The van der Waals surface area contributed by atoms with Crippen LogP contribution in [0.3, 0.4) is 0 Å². The molecule has 1 aliphatic heterocycles. The maximum absolute atomic E-state index is 13.1. The molecule has 0 aromatic heterocycles. The van der Waals surface area contributed by atoms with Crippen LogP contribution in [-0.2, 0) is 11.4 Å². The van der Waals surface area contributed by atoms with Gasteiger partial charge in [0.05, 0.1) is 6.21 Å². The highest BCUT2D eigenvalue weighted by molar-refractivity contribution is 6.05. The number of ether oxygens (including phenoxy) is 3. The Morgan fingerprint density at radius 2 is 1.59 bits per heavy atom. The van der Waals surface area contributed by atoms with Crippen molar-refractivity contribution in [3.8, 4) is 17.2 Å². The van der Waals surface area contributed by atoms with Gasteiger partial charge in [-0.1, -0.05) is 66.7 Å². The monoisotopic (exact) mass is 519 g/mol. The van der Waals surface area contributed by atoms with Crippen molar-refractivity contribution >= 4 is 24.1 Å². The van der Waals surface area contributed by atoms with Crippen LogP contribution >= 0.6 is 0 Å². The lowest BCUT2D eigenvalue weighted by molar-refractivity contribution is -0.117. The molecule has 0 radical (unpaired) electrons. The van der Waals surface area contributed by atoms with Gasteiger partial charge in [0.25, 0.3) is 11.8 Å². The first-order chi connectivity index (χ1) is 19.1. The number of fused-ring (bicyclic) bond motifs is 1. The van der Waals surface area contributed by atoms with Gasteiger partial charge in [-0.2, -0.15) is 5.10 Å². The molecule has 8 nitrogen and oxygen atoms in total. The summed E-state index contributed by atoms with van der Waals surface area (Å²) in [6, 6.07) is 31.1. The Bertz CT molecular complexity index is 1520. The van der Waals surface area contributed by atoms with Gasteiger partial charge in [-0.3, -0.25) is 9.59 Å². The molecule has 4 aromatic carbocycles. The van der Waals surface area contributed by atoms with Gasteiger partial charge < -0.3 is 19.5 Å². The largest absolute Gasteiger partial charge is 0.489 e. The van der Waals surface area contributed by atoms with E-state index in [4.69, 9.17) is 14.2 Å². The third-order valence-corrected chi connectivity index (χ3v) is 5.72. The minimum atomic E-state index is -0.593. The molecular formula is C31H25N3O5. The second-order valence-corrected chi connectivity index (χ2v) is 8.54. The normalized spacial score (nSPS) is 12.3. The molecule has 0 saturated heterocycles. The maximum Gasteiger partial charge on any atom is 0.287 e. The number of rotatable bonds is 9. The Labute approximate surface area is 225 Å². The van der Waals surface area contributed by atoms with Gasteiger partial charge in [0, 0.05) is 5.56 Å². The van der Waals surface area contributed by atoms with Crippen LogP contribution in [0.1, 0.15) is 27.0 Å². The van der Waals surface area contributed by atoms with Crippen molar-refractivity contribution in [2.75, 3.05) is 6.79 Å². The van der Waals surface area contributed by atoms with E-state index in [0.717, 1.165) is 11.1 Å². The molecule has 39 heavy (non-hydrogen) atoms. The number of carbonyl (C=O) groups is 2. The fourth-order valence-corrected chi connectivity index (χ4v) is 3.76. The number of amides is 2. The average molecular weight is 520 g/mol. The van der Waals surface area contributed by atoms with Gasteiger partial charge in [0.15, 0.2) is 11.5 Å². The molecule has 194 valence electrons. The minimum absolute atomic E-state index is 0.0137. The summed E-state index contributed by atoms with van der Waals surface area (Å²) in [6.45, 7) is 0.571.